The van der Waals surface area contributed by atoms with Crippen LogP contribution in [0.5, 0.6) is 0 Å². The number of carbonyl (C=O) groups is 2. The van der Waals surface area contributed by atoms with Crippen molar-refractivity contribution in [2.75, 3.05) is 38.1 Å². The van der Waals surface area contributed by atoms with E-state index in [2.05, 4.69) is 64.0 Å². The third kappa shape index (κ3) is 9.13. The highest BCUT2D eigenvalue weighted by molar-refractivity contribution is 14.0. The van der Waals surface area contributed by atoms with Crippen molar-refractivity contribution in [3.63, 3.8) is 0 Å². The Bertz CT molecular complexity index is 902. The van der Waals surface area contributed by atoms with E-state index in [-0.39, 0.29) is 36.4 Å². The van der Waals surface area contributed by atoms with Gasteiger partial charge in [-0.1, -0.05) is 24.3 Å². The van der Waals surface area contributed by atoms with Crippen molar-refractivity contribution in [3.05, 3.63) is 65.2 Å². The average molecular weight is 552 g/mol. The van der Waals surface area contributed by atoms with Gasteiger partial charge in [-0.2, -0.15) is 0 Å². The lowest BCUT2D eigenvalue weighted by atomic mass is 10.1. The largest absolute Gasteiger partial charge is 0.370 e. The highest BCUT2D eigenvalue weighted by Gasteiger charge is 2.07. The lowest BCUT2D eigenvalue weighted by Crippen LogP contribution is -2.41. The summed E-state index contributed by atoms with van der Waals surface area (Å²) in [6.45, 7) is 7.17. The number of hydrogen-bond donors (Lipinski definition) is 4. The molecule has 0 atom stereocenters. The standard InChI is InChI=1S/C23H32N6O2.HI/c1-4-29(20-7-5-6-17(2)14-20)13-12-26-23(25-3)28-15-18-8-10-19(11-9-18)22(31)27-16-21(24)30;/h5-11,14H,4,12-13,15-16H2,1-3H3,(H2,24,30)(H,27,31)(H2,25,26,28);1H. The number of hydrogen-bond acceptors (Lipinski definition) is 4. The number of benzene rings is 2. The van der Waals surface area contributed by atoms with Crippen LogP contribution < -0.4 is 26.6 Å². The minimum absolute atomic E-state index is 0. The molecule has 0 spiro atoms. The Morgan fingerprint density at radius 2 is 1.78 bits per heavy atom. The van der Waals surface area contributed by atoms with Crippen molar-refractivity contribution < 1.29 is 9.59 Å². The van der Waals surface area contributed by atoms with Crippen LogP contribution in [0.3, 0.4) is 0 Å². The molecule has 0 aliphatic carbocycles. The molecule has 0 aromatic heterocycles. The fourth-order valence-electron chi connectivity index (χ4n) is 3.05. The number of aryl methyl sites for hydroxylation is 1. The molecule has 2 aromatic rings. The smallest absolute Gasteiger partial charge is 0.251 e. The summed E-state index contributed by atoms with van der Waals surface area (Å²) < 4.78 is 0. The Morgan fingerprint density at radius 1 is 1.06 bits per heavy atom. The van der Waals surface area contributed by atoms with Gasteiger partial charge in [0.1, 0.15) is 0 Å². The molecule has 2 amide bonds. The predicted octanol–water partition coefficient (Wildman–Crippen LogP) is 2.02. The number of halogens is 1. The highest BCUT2D eigenvalue weighted by Crippen LogP contribution is 2.14. The van der Waals surface area contributed by atoms with Crippen molar-refractivity contribution in [2.24, 2.45) is 10.7 Å². The van der Waals surface area contributed by atoms with E-state index in [1.165, 1.54) is 11.3 Å². The van der Waals surface area contributed by atoms with Crippen LogP contribution in [-0.2, 0) is 11.3 Å². The summed E-state index contributed by atoms with van der Waals surface area (Å²) in [5.41, 5.74) is 8.98. The Kier molecular flexibility index (Phi) is 12.1. The van der Waals surface area contributed by atoms with Gasteiger partial charge in [0.25, 0.3) is 5.91 Å². The highest BCUT2D eigenvalue weighted by atomic mass is 127. The second kappa shape index (κ2) is 14.3. The summed E-state index contributed by atoms with van der Waals surface area (Å²) in [5.74, 6) is -0.192. The number of likely N-dealkylation sites (N-methyl/N-ethyl adjacent to an activating group) is 1. The first-order valence-electron chi connectivity index (χ1n) is 10.3. The molecule has 0 aliphatic rings. The molecule has 0 saturated carbocycles. The molecule has 174 valence electrons. The van der Waals surface area contributed by atoms with E-state index >= 15 is 0 Å². The van der Waals surface area contributed by atoms with Gasteiger partial charge in [0.15, 0.2) is 5.96 Å². The van der Waals surface area contributed by atoms with E-state index in [0.717, 1.165) is 25.2 Å². The van der Waals surface area contributed by atoms with Crippen molar-refractivity contribution >= 4 is 47.4 Å². The molecule has 2 aromatic carbocycles. The van der Waals surface area contributed by atoms with Crippen molar-refractivity contribution in [1.29, 1.82) is 0 Å². The van der Waals surface area contributed by atoms with Gasteiger partial charge in [-0.3, -0.25) is 14.6 Å². The monoisotopic (exact) mass is 552 g/mol. The topological polar surface area (TPSA) is 112 Å². The van der Waals surface area contributed by atoms with Gasteiger partial charge in [0, 0.05) is 44.5 Å². The first-order valence-corrected chi connectivity index (χ1v) is 10.3. The summed E-state index contributed by atoms with van der Waals surface area (Å²) in [6.07, 6.45) is 0. The van der Waals surface area contributed by atoms with Gasteiger partial charge < -0.3 is 26.6 Å². The van der Waals surface area contributed by atoms with E-state index in [1.807, 2.05) is 12.1 Å². The maximum absolute atomic E-state index is 11.9. The molecule has 9 heteroatoms. The number of carbonyl (C=O) groups excluding carboxylic acids is 2. The SMILES string of the molecule is CCN(CCNC(=NC)NCc1ccc(C(=O)NCC(N)=O)cc1)c1cccc(C)c1.I. The van der Waals surface area contributed by atoms with Crippen LogP contribution in [0.2, 0.25) is 0 Å². The van der Waals surface area contributed by atoms with Crippen LogP contribution in [-0.4, -0.2) is 51.0 Å². The van der Waals surface area contributed by atoms with E-state index < -0.39 is 5.91 Å². The molecule has 0 heterocycles. The van der Waals surface area contributed by atoms with Crippen molar-refractivity contribution in [3.8, 4) is 0 Å². The Morgan fingerprint density at radius 3 is 2.38 bits per heavy atom. The van der Waals surface area contributed by atoms with E-state index in [1.54, 1.807) is 19.2 Å². The molecule has 32 heavy (non-hydrogen) atoms. The summed E-state index contributed by atoms with van der Waals surface area (Å²) in [7, 11) is 1.74. The van der Waals surface area contributed by atoms with Crippen LogP contribution in [0.1, 0.15) is 28.4 Å². The maximum atomic E-state index is 11.9. The minimum atomic E-state index is -0.575. The van der Waals surface area contributed by atoms with Gasteiger partial charge in [-0.05, 0) is 49.2 Å². The van der Waals surface area contributed by atoms with Gasteiger partial charge in [-0.25, -0.2) is 0 Å². The molecule has 0 unspecified atom stereocenters. The predicted molar refractivity (Wildman–Crippen MR) is 141 cm³/mol. The molecule has 0 fully saturated rings. The molecule has 0 saturated heterocycles. The van der Waals surface area contributed by atoms with Gasteiger partial charge in [0.2, 0.25) is 5.91 Å². The van der Waals surface area contributed by atoms with Crippen LogP contribution in [0.15, 0.2) is 53.5 Å². The molecule has 0 radical (unpaired) electrons. The Labute approximate surface area is 207 Å². The zero-order valence-corrected chi connectivity index (χ0v) is 21.2. The Balaban J connectivity index is 0.00000512. The normalized spacial score (nSPS) is 10.7. The number of primary amides is 1. The zero-order chi connectivity index (χ0) is 22.6. The molecule has 5 N–H and O–H groups in total. The van der Waals surface area contributed by atoms with E-state index in [9.17, 15) is 9.59 Å². The number of guanidine groups is 1. The van der Waals surface area contributed by atoms with Gasteiger partial charge >= 0.3 is 0 Å². The summed E-state index contributed by atoms with van der Waals surface area (Å²) >= 11 is 0. The number of nitrogens with zero attached hydrogens (tertiary/aromatic N) is 2. The first-order chi connectivity index (χ1) is 14.9. The summed E-state index contributed by atoms with van der Waals surface area (Å²) in [6, 6.07) is 15.6. The molecule has 2 rings (SSSR count). The molecular weight excluding hydrogens is 519 g/mol. The molecular formula is C23H33IN6O2. The molecule has 8 nitrogen and oxygen atoms in total. The zero-order valence-electron chi connectivity index (χ0n) is 18.9. The van der Waals surface area contributed by atoms with Crippen LogP contribution in [0.4, 0.5) is 5.69 Å². The number of nitrogens with one attached hydrogen (secondary N) is 3. The van der Waals surface area contributed by atoms with E-state index in [0.29, 0.717) is 18.1 Å². The lowest BCUT2D eigenvalue weighted by molar-refractivity contribution is -0.117. The summed E-state index contributed by atoms with van der Waals surface area (Å²) in [5, 5.41) is 9.08. The van der Waals surface area contributed by atoms with Crippen molar-refractivity contribution in [2.45, 2.75) is 20.4 Å². The van der Waals surface area contributed by atoms with E-state index in [4.69, 9.17) is 5.73 Å². The number of anilines is 1. The van der Waals surface area contributed by atoms with Crippen molar-refractivity contribution in [1.82, 2.24) is 16.0 Å². The second-order valence-electron chi connectivity index (χ2n) is 7.12. The molecule has 0 aliphatic heterocycles. The number of rotatable bonds is 10. The summed E-state index contributed by atoms with van der Waals surface area (Å²) in [4.78, 5) is 29.3. The van der Waals surface area contributed by atoms with Crippen LogP contribution in [0.25, 0.3) is 0 Å². The fourth-order valence-corrected chi connectivity index (χ4v) is 3.05. The number of nitrogens with two attached hydrogens (primary N) is 1. The first kappa shape index (κ1) is 27.2. The van der Waals surface area contributed by atoms with Gasteiger partial charge in [-0.15, -0.1) is 24.0 Å². The number of amides is 2. The third-order valence-electron chi connectivity index (χ3n) is 4.75. The molecule has 0 bridgehead atoms. The maximum Gasteiger partial charge on any atom is 0.251 e. The fraction of sp³-hybridized carbons (Fsp3) is 0.348. The van der Waals surface area contributed by atoms with Crippen LogP contribution in [0, 0.1) is 6.92 Å². The van der Waals surface area contributed by atoms with Crippen LogP contribution >= 0.6 is 24.0 Å². The van der Waals surface area contributed by atoms with Gasteiger partial charge in [0.05, 0.1) is 6.54 Å². The number of aliphatic imine (C=N–C) groups is 1. The Hall–Kier alpha value is -2.82. The quantitative estimate of drug-likeness (QED) is 0.205. The second-order valence-corrected chi connectivity index (χ2v) is 7.12. The average Bonchev–Trinajstić information content (AvgIpc) is 2.77. The lowest BCUT2D eigenvalue weighted by Gasteiger charge is -2.24. The minimum Gasteiger partial charge on any atom is -0.370 e. The third-order valence-corrected chi connectivity index (χ3v) is 4.75.